The first-order chi connectivity index (χ1) is 10.3. The lowest BCUT2D eigenvalue weighted by Crippen LogP contribution is -2.48. The van der Waals surface area contributed by atoms with Crippen molar-refractivity contribution in [2.24, 2.45) is 5.92 Å². The van der Waals surface area contributed by atoms with Crippen molar-refractivity contribution >= 4 is 53.1 Å². The van der Waals surface area contributed by atoms with E-state index < -0.39 is 0 Å². The van der Waals surface area contributed by atoms with Gasteiger partial charge in [-0.15, -0.1) is 36.2 Å². The Bertz CT molecular complexity index is 509. The molecule has 2 aliphatic rings. The standard InChI is InChI=1S/C14H20N4O2S.2ClH/c19-12(17-14-16-6-8-21-14)11-4-2-7-18(11)13(20)10-3-1-5-15-9-10;;/h6,8,10-11,15H,1-5,7,9H2,(H,16,17,19);2*1H. The van der Waals surface area contributed by atoms with E-state index in [4.69, 9.17) is 0 Å². The van der Waals surface area contributed by atoms with Gasteiger partial charge in [0.15, 0.2) is 5.13 Å². The normalized spacial score (nSPS) is 23.6. The van der Waals surface area contributed by atoms with Gasteiger partial charge >= 0.3 is 0 Å². The Morgan fingerprint density at radius 3 is 2.78 bits per heavy atom. The zero-order valence-electron chi connectivity index (χ0n) is 12.7. The number of nitrogens with one attached hydrogen (secondary N) is 2. The third kappa shape index (κ3) is 4.79. The molecule has 1 aromatic heterocycles. The summed E-state index contributed by atoms with van der Waals surface area (Å²) in [7, 11) is 0. The van der Waals surface area contributed by atoms with E-state index in [9.17, 15) is 9.59 Å². The van der Waals surface area contributed by atoms with Crippen molar-refractivity contribution in [3.63, 3.8) is 0 Å². The van der Waals surface area contributed by atoms with E-state index in [0.717, 1.165) is 38.8 Å². The largest absolute Gasteiger partial charge is 0.330 e. The van der Waals surface area contributed by atoms with Crippen LogP contribution in [0.25, 0.3) is 0 Å². The SMILES string of the molecule is Cl.Cl.O=C(Nc1nccs1)C1CCCN1C(=O)C1CCCNC1. The molecule has 3 heterocycles. The average molecular weight is 381 g/mol. The monoisotopic (exact) mass is 380 g/mol. The second-order valence-corrected chi connectivity index (χ2v) is 6.45. The number of nitrogens with zero attached hydrogens (tertiary/aromatic N) is 2. The van der Waals surface area contributed by atoms with Crippen molar-refractivity contribution in [3.05, 3.63) is 11.6 Å². The lowest BCUT2D eigenvalue weighted by molar-refractivity contribution is -0.140. The van der Waals surface area contributed by atoms with Gasteiger partial charge in [0.2, 0.25) is 11.8 Å². The second kappa shape index (κ2) is 9.42. The quantitative estimate of drug-likeness (QED) is 0.839. The third-order valence-electron chi connectivity index (χ3n) is 4.15. The van der Waals surface area contributed by atoms with Gasteiger partial charge in [-0.3, -0.25) is 9.59 Å². The number of rotatable bonds is 3. The number of aromatic nitrogens is 1. The fraction of sp³-hybridized carbons (Fsp3) is 0.643. The highest BCUT2D eigenvalue weighted by Crippen LogP contribution is 2.24. The van der Waals surface area contributed by atoms with E-state index >= 15 is 0 Å². The molecular formula is C14H22Cl2N4O2S. The highest BCUT2D eigenvalue weighted by atomic mass is 35.5. The number of thiazole rings is 1. The Morgan fingerprint density at radius 1 is 1.30 bits per heavy atom. The van der Waals surface area contributed by atoms with E-state index in [1.165, 1.54) is 11.3 Å². The first-order valence-corrected chi connectivity index (χ1v) is 8.35. The van der Waals surface area contributed by atoms with Gasteiger partial charge < -0.3 is 15.5 Å². The van der Waals surface area contributed by atoms with Gasteiger partial charge in [-0.25, -0.2) is 4.98 Å². The molecule has 2 amide bonds. The van der Waals surface area contributed by atoms with Crippen LogP contribution >= 0.6 is 36.2 Å². The summed E-state index contributed by atoms with van der Waals surface area (Å²) < 4.78 is 0. The van der Waals surface area contributed by atoms with E-state index in [-0.39, 0.29) is 48.6 Å². The van der Waals surface area contributed by atoms with Crippen molar-refractivity contribution in [2.45, 2.75) is 31.7 Å². The van der Waals surface area contributed by atoms with Gasteiger partial charge in [0.25, 0.3) is 0 Å². The maximum Gasteiger partial charge on any atom is 0.248 e. The molecule has 6 nitrogen and oxygen atoms in total. The molecule has 2 fully saturated rings. The Balaban J connectivity index is 0.00000132. The predicted molar refractivity (Wildman–Crippen MR) is 95.6 cm³/mol. The molecule has 0 spiro atoms. The molecule has 2 aliphatic heterocycles. The molecule has 2 N–H and O–H groups in total. The molecular weight excluding hydrogens is 359 g/mol. The summed E-state index contributed by atoms with van der Waals surface area (Å²) in [4.78, 5) is 30.8. The summed E-state index contributed by atoms with van der Waals surface area (Å²) in [5, 5.41) is 8.49. The lowest BCUT2D eigenvalue weighted by Gasteiger charge is -2.30. The summed E-state index contributed by atoms with van der Waals surface area (Å²) in [6, 6.07) is -0.344. The number of carbonyl (C=O) groups is 2. The van der Waals surface area contributed by atoms with Crippen LogP contribution in [0.3, 0.4) is 0 Å². The fourth-order valence-corrected chi connectivity index (χ4v) is 3.61. The summed E-state index contributed by atoms with van der Waals surface area (Å²) in [5.74, 6) is 0.0329. The smallest absolute Gasteiger partial charge is 0.248 e. The topological polar surface area (TPSA) is 74.3 Å². The van der Waals surface area contributed by atoms with Crippen LogP contribution in [0.5, 0.6) is 0 Å². The van der Waals surface area contributed by atoms with Gasteiger partial charge in [-0.1, -0.05) is 0 Å². The van der Waals surface area contributed by atoms with Crippen molar-refractivity contribution in [1.82, 2.24) is 15.2 Å². The van der Waals surface area contributed by atoms with Crippen LogP contribution in [0.4, 0.5) is 5.13 Å². The molecule has 0 saturated carbocycles. The van der Waals surface area contributed by atoms with Crippen LogP contribution in [0.1, 0.15) is 25.7 Å². The highest BCUT2D eigenvalue weighted by Gasteiger charge is 2.37. The summed E-state index contributed by atoms with van der Waals surface area (Å²) in [5.41, 5.74) is 0. The number of hydrogen-bond acceptors (Lipinski definition) is 5. The van der Waals surface area contributed by atoms with E-state index in [0.29, 0.717) is 11.7 Å². The molecule has 0 aromatic carbocycles. The molecule has 23 heavy (non-hydrogen) atoms. The number of carbonyl (C=O) groups excluding carboxylic acids is 2. The minimum atomic E-state index is -0.344. The van der Waals surface area contributed by atoms with Crippen LogP contribution in [0, 0.1) is 5.92 Å². The Labute approximate surface area is 152 Å². The van der Waals surface area contributed by atoms with Crippen LogP contribution in [0.2, 0.25) is 0 Å². The van der Waals surface area contributed by atoms with Crippen LogP contribution in [-0.4, -0.2) is 47.4 Å². The number of piperidine rings is 1. The third-order valence-corrected chi connectivity index (χ3v) is 4.84. The first-order valence-electron chi connectivity index (χ1n) is 7.47. The molecule has 2 saturated heterocycles. The van der Waals surface area contributed by atoms with Crippen LogP contribution in [0.15, 0.2) is 11.6 Å². The summed E-state index contributed by atoms with van der Waals surface area (Å²) >= 11 is 1.39. The minimum absolute atomic E-state index is 0. The average Bonchev–Trinajstić information content (AvgIpc) is 3.18. The van der Waals surface area contributed by atoms with Crippen molar-refractivity contribution in [2.75, 3.05) is 25.0 Å². The molecule has 130 valence electrons. The van der Waals surface area contributed by atoms with Gasteiger partial charge in [0.1, 0.15) is 6.04 Å². The van der Waals surface area contributed by atoms with Crippen LogP contribution < -0.4 is 10.6 Å². The maximum absolute atomic E-state index is 12.6. The number of likely N-dealkylation sites (tertiary alicyclic amines) is 1. The highest BCUT2D eigenvalue weighted by molar-refractivity contribution is 7.13. The van der Waals surface area contributed by atoms with Gasteiger partial charge in [-0.2, -0.15) is 0 Å². The molecule has 3 rings (SSSR count). The Hall–Kier alpha value is -0.890. The number of halogens is 2. The van der Waals surface area contributed by atoms with Crippen LogP contribution in [-0.2, 0) is 9.59 Å². The molecule has 0 radical (unpaired) electrons. The number of anilines is 1. The minimum Gasteiger partial charge on any atom is -0.330 e. The lowest BCUT2D eigenvalue weighted by atomic mass is 9.97. The molecule has 2 atom stereocenters. The second-order valence-electron chi connectivity index (χ2n) is 5.56. The van der Waals surface area contributed by atoms with Crippen molar-refractivity contribution in [1.29, 1.82) is 0 Å². The molecule has 2 unspecified atom stereocenters. The van der Waals surface area contributed by atoms with Crippen molar-refractivity contribution in [3.8, 4) is 0 Å². The van der Waals surface area contributed by atoms with Crippen molar-refractivity contribution < 1.29 is 9.59 Å². The van der Waals surface area contributed by atoms with Gasteiger partial charge in [0.05, 0.1) is 5.92 Å². The predicted octanol–water partition coefficient (Wildman–Crippen LogP) is 1.92. The van der Waals surface area contributed by atoms with E-state index in [2.05, 4.69) is 15.6 Å². The Morgan fingerprint density at radius 2 is 2.13 bits per heavy atom. The van der Waals surface area contributed by atoms with Gasteiger partial charge in [-0.05, 0) is 32.2 Å². The van der Waals surface area contributed by atoms with E-state index in [1.54, 1.807) is 11.1 Å². The number of hydrogen-bond donors (Lipinski definition) is 2. The molecule has 0 aliphatic carbocycles. The zero-order valence-corrected chi connectivity index (χ0v) is 15.1. The maximum atomic E-state index is 12.6. The molecule has 1 aromatic rings. The Kier molecular flexibility index (Phi) is 8.25. The summed E-state index contributed by atoms with van der Waals surface area (Å²) in [6.07, 6.45) is 5.24. The van der Waals surface area contributed by atoms with E-state index in [1.807, 2.05) is 5.38 Å². The zero-order chi connectivity index (χ0) is 14.7. The fourth-order valence-electron chi connectivity index (χ4n) is 3.07. The summed E-state index contributed by atoms with van der Waals surface area (Å²) in [6.45, 7) is 2.40. The first kappa shape index (κ1) is 20.2. The molecule has 0 bridgehead atoms. The van der Waals surface area contributed by atoms with Gasteiger partial charge in [0, 0.05) is 24.7 Å². The number of amides is 2. The molecule has 9 heteroatoms.